The van der Waals surface area contributed by atoms with Crippen LogP contribution in [0.15, 0.2) is 108 Å². The summed E-state index contributed by atoms with van der Waals surface area (Å²) in [5.74, 6) is 0.900. The lowest BCUT2D eigenvalue weighted by atomic mass is 9.99. The van der Waals surface area contributed by atoms with Gasteiger partial charge in [0.15, 0.2) is 21.8 Å². The van der Waals surface area contributed by atoms with Crippen molar-refractivity contribution in [3.05, 3.63) is 145 Å². The van der Waals surface area contributed by atoms with Gasteiger partial charge in [-0.3, -0.25) is 9.59 Å². The smallest absolute Gasteiger partial charge is 0.267 e. The zero-order chi connectivity index (χ0) is 38.5. The molecule has 0 saturated carbocycles. The molecular formula is C40H32BrClN8O3S2. The number of amides is 2. The molecule has 0 unspecified atom stereocenters. The molecular weight excluding hydrogens is 820 g/mol. The van der Waals surface area contributed by atoms with Crippen LogP contribution in [-0.4, -0.2) is 31.8 Å². The van der Waals surface area contributed by atoms with Crippen molar-refractivity contribution in [3.8, 4) is 17.0 Å². The van der Waals surface area contributed by atoms with E-state index in [1.807, 2.05) is 99.6 Å². The maximum Gasteiger partial charge on any atom is 0.267 e. The van der Waals surface area contributed by atoms with E-state index in [1.54, 1.807) is 12.3 Å². The number of rotatable bonds is 12. The molecule has 0 aliphatic rings. The SMILES string of the molecule is Cc1cccc(Cl)c1NC(=O)c1cnc(Nc2nc(-c3ccc(C)c(NC(=O)c4cnc(Nc5ccc(Br)cn5)s4)c3C)ccc2OCc2ccccc2)s1. The first-order chi connectivity index (χ1) is 26.6. The molecule has 15 heteroatoms. The molecule has 0 aliphatic carbocycles. The number of benzene rings is 3. The number of carbonyl (C=O) groups excluding carboxylic acids is 2. The summed E-state index contributed by atoms with van der Waals surface area (Å²) in [6.45, 7) is 6.07. The first-order valence-electron chi connectivity index (χ1n) is 16.8. The summed E-state index contributed by atoms with van der Waals surface area (Å²) in [6.07, 6.45) is 4.72. The average Bonchev–Trinajstić information content (AvgIpc) is 3.86. The standard InChI is InChI=1S/C40H32BrClN8O3S2/c1-22-8-7-11-28(42)35(22)49-38(52)32-20-45-40(55-32)50-36-30(53-21-25-9-5-4-6-10-25)16-15-29(46-36)27-14-12-23(2)34(24(27)3)48-37(51)31-19-44-39(54-31)47-33-17-13-26(41)18-43-33/h4-20H,21H2,1-3H3,(H,48,51)(H,49,52)(H,43,44,47)(H,45,46,50). The third kappa shape index (κ3) is 9.01. The van der Waals surface area contributed by atoms with Gasteiger partial charge in [0, 0.05) is 21.9 Å². The van der Waals surface area contributed by atoms with Crippen LogP contribution in [0.2, 0.25) is 5.02 Å². The summed E-state index contributed by atoms with van der Waals surface area (Å²) in [4.78, 5) is 45.6. The van der Waals surface area contributed by atoms with E-state index < -0.39 is 0 Å². The number of aromatic nitrogens is 4. The van der Waals surface area contributed by atoms with Crippen molar-refractivity contribution in [3.63, 3.8) is 0 Å². The fraction of sp³-hybridized carbons (Fsp3) is 0.100. The van der Waals surface area contributed by atoms with Gasteiger partial charge in [0.2, 0.25) is 0 Å². The Labute approximate surface area is 338 Å². The minimum absolute atomic E-state index is 0.286. The van der Waals surface area contributed by atoms with Crippen molar-refractivity contribution in [2.24, 2.45) is 0 Å². The minimum atomic E-state index is -0.332. The van der Waals surface area contributed by atoms with Gasteiger partial charge in [-0.15, -0.1) is 0 Å². The van der Waals surface area contributed by atoms with Gasteiger partial charge in [0.05, 0.1) is 28.8 Å². The van der Waals surface area contributed by atoms with Crippen LogP contribution in [0.25, 0.3) is 11.3 Å². The van der Waals surface area contributed by atoms with Gasteiger partial charge >= 0.3 is 0 Å². The first-order valence-corrected chi connectivity index (χ1v) is 19.6. The van der Waals surface area contributed by atoms with Gasteiger partial charge in [0.1, 0.15) is 22.2 Å². The van der Waals surface area contributed by atoms with Crippen molar-refractivity contribution in [1.29, 1.82) is 0 Å². The number of anilines is 6. The highest BCUT2D eigenvalue weighted by Gasteiger charge is 2.19. The van der Waals surface area contributed by atoms with Crippen molar-refractivity contribution in [1.82, 2.24) is 19.9 Å². The summed E-state index contributed by atoms with van der Waals surface area (Å²) >= 11 is 12.1. The number of thiazole rings is 2. The molecule has 4 N–H and O–H groups in total. The highest BCUT2D eigenvalue weighted by molar-refractivity contribution is 9.10. The Bertz CT molecular complexity index is 2490. The second-order valence-electron chi connectivity index (χ2n) is 12.3. The van der Waals surface area contributed by atoms with Crippen LogP contribution in [0.5, 0.6) is 5.75 Å². The molecule has 0 bridgehead atoms. The zero-order valence-corrected chi connectivity index (χ0v) is 33.6. The number of hydrogen-bond acceptors (Lipinski definition) is 11. The monoisotopic (exact) mass is 850 g/mol. The largest absolute Gasteiger partial charge is 0.485 e. The number of nitrogens with one attached hydrogen (secondary N) is 4. The molecule has 276 valence electrons. The second-order valence-corrected chi connectivity index (χ2v) is 15.6. The molecule has 7 aromatic rings. The fourth-order valence-electron chi connectivity index (χ4n) is 5.53. The summed E-state index contributed by atoms with van der Waals surface area (Å²) in [5, 5.41) is 13.8. The predicted octanol–water partition coefficient (Wildman–Crippen LogP) is 11.0. The average molecular weight is 852 g/mol. The molecule has 11 nitrogen and oxygen atoms in total. The van der Waals surface area contributed by atoms with Crippen LogP contribution < -0.4 is 26.0 Å². The number of halogens is 2. The van der Waals surface area contributed by atoms with Gasteiger partial charge in [-0.05, 0) is 89.3 Å². The summed E-state index contributed by atoms with van der Waals surface area (Å²) < 4.78 is 7.11. The lowest BCUT2D eigenvalue weighted by Gasteiger charge is -2.17. The zero-order valence-electron chi connectivity index (χ0n) is 29.6. The van der Waals surface area contributed by atoms with E-state index in [4.69, 9.17) is 21.3 Å². The lowest BCUT2D eigenvalue weighted by Crippen LogP contribution is -2.13. The molecule has 0 atom stereocenters. The van der Waals surface area contributed by atoms with Crippen LogP contribution in [0.3, 0.4) is 0 Å². The van der Waals surface area contributed by atoms with Crippen LogP contribution in [0.4, 0.5) is 33.3 Å². The summed E-state index contributed by atoms with van der Waals surface area (Å²) in [7, 11) is 0. The molecule has 7 rings (SSSR count). The number of para-hydroxylation sites is 1. The van der Waals surface area contributed by atoms with Crippen molar-refractivity contribution >= 4 is 95.3 Å². The summed E-state index contributed by atoms with van der Waals surface area (Å²) in [6, 6.07) is 26.6. The van der Waals surface area contributed by atoms with E-state index in [0.29, 0.717) is 66.1 Å². The van der Waals surface area contributed by atoms with Gasteiger partial charge in [-0.25, -0.2) is 19.9 Å². The molecule has 2 amide bonds. The number of carbonyl (C=O) groups is 2. The Morgan fingerprint density at radius 3 is 2.11 bits per heavy atom. The Balaban J connectivity index is 1.14. The van der Waals surface area contributed by atoms with E-state index in [2.05, 4.69) is 52.1 Å². The molecule has 0 saturated heterocycles. The lowest BCUT2D eigenvalue weighted by molar-refractivity contribution is 0.102. The quantitative estimate of drug-likeness (QED) is 0.0944. The molecule has 0 radical (unpaired) electrons. The highest BCUT2D eigenvalue weighted by Crippen LogP contribution is 2.36. The molecule has 0 fully saturated rings. The van der Waals surface area contributed by atoms with E-state index in [9.17, 15) is 9.59 Å². The second kappa shape index (κ2) is 16.8. The Hall–Kier alpha value is -5.67. The Morgan fingerprint density at radius 1 is 0.727 bits per heavy atom. The minimum Gasteiger partial charge on any atom is -0.485 e. The number of aryl methyl sites for hydroxylation is 2. The van der Waals surface area contributed by atoms with Crippen LogP contribution in [0.1, 0.15) is 41.6 Å². The molecule has 55 heavy (non-hydrogen) atoms. The highest BCUT2D eigenvalue weighted by atomic mass is 79.9. The van der Waals surface area contributed by atoms with Gasteiger partial charge in [-0.1, -0.05) is 88.9 Å². The van der Waals surface area contributed by atoms with Gasteiger partial charge in [0.25, 0.3) is 11.8 Å². The molecule has 4 heterocycles. The number of nitrogens with zero attached hydrogens (tertiary/aromatic N) is 4. The number of hydrogen-bond donors (Lipinski definition) is 4. The maximum absolute atomic E-state index is 13.5. The number of pyridine rings is 2. The fourth-order valence-corrected chi connectivity index (χ4v) is 7.46. The molecule has 0 spiro atoms. The first kappa shape index (κ1) is 37.6. The Kier molecular flexibility index (Phi) is 11.5. The van der Waals surface area contributed by atoms with Crippen LogP contribution in [0, 0.1) is 20.8 Å². The van der Waals surface area contributed by atoms with Crippen molar-refractivity contribution in [2.45, 2.75) is 27.4 Å². The maximum atomic E-state index is 13.5. The van der Waals surface area contributed by atoms with Crippen molar-refractivity contribution < 1.29 is 14.3 Å². The third-order valence-corrected chi connectivity index (χ3v) is 11.0. The van der Waals surface area contributed by atoms with E-state index in [-0.39, 0.29) is 11.8 Å². The summed E-state index contributed by atoms with van der Waals surface area (Å²) in [5.41, 5.74) is 6.22. The Morgan fingerprint density at radius 2 is 1.42 bits per heavy atom. The van der Waals surface area contributed by atoms with Gasteiger partial charge < -0.3 is 26.0 Å². The molecule has 4 aromatic heterocycles. The van der Waals surface area contributed by atoms with E-state index >= 15 is 0 Å². The third-order valence-electron chi connectivity index (χ3n) is 8.39. The topological polar surface area (TPSA) is 143 Å². The van der Waals surface area contributed by atoms with Crippen LogP contribution >= 0.6 is 50.2 Å². The van der Waals surface area contributed by atoms with E-state index in [0.717, 1.165) is 32.3 Å². The normalized spacial score (nSPS) is 10.9. The molecule has 0 aliphatic heterocycles. The van der Waals surface area contributed by atoms with E-state index in [1.165, 1.54) is 35.1 Å². The van der Waals surface area contributed by atoms with Crippen LogP contribution in [-0.2, 0) is 6.61 Å². The molecule has 3 aromatic carbocycles. The van der Waals surface area contributed by atoms with Gasteiger partial charge in [-0.2, -0.15) is 0 Å². The predicted molar refractivity (Wildman–Crippen MR) is 225 cm³/mol. The number of ether oxygens (including phenoxy) is 1. The van der Waals surface area contributed by atoms with Crippen molar-refractivity contribution in [2.75, 3.05) is 21.3 Å².